The molecule has 0 unspecified atom stereocenters. The number of carbonyl (C=O) groups excluding carboxylic acids is 3. The topological polar surface area (TPSA) is 145 Å². The van der Waals surface area contributed by atoms with Gasteiger partial charge in [-0.2, -0.15) is 0 Å². The minimum Gasteiger partial charge on any atom is -0.502 e. The van der Waals surface area contributed by atoms with Crippen molar-refractivity contribution >= 4 is 23.5 Å². The van der Waals surface area contributed by atoms with E-state index in [2.05, 4.69) is 12.2 Å². The Labute approximate surface area is 248 Å². The molecule has 0 spiro atoms. The molecule has 2 saturated heterocycles. The SMILES string of the molecule is CCCCNCCN1C(=O)CC(=N[C@@H]2c3cc4c(cc3[C@@H](c3cc(OC)c(O)c(OC)c3)[C@H]3C(=O)OC[C@@H]32)OCO4)C1=O. The van der Waals surface area contributed by atoms with Crippen LogP contribution in [0.3, 0.4) is 0 Å². The van der Waals surface area contributed by atoms with E-state index in [4.69, 9.17) is 28.7 Å². The highest BCUT2D eigenvalue weighted by Gasteiger charge is 2.53. The summed E-state index contributed by atoms with van der Waals surface area (Å²) in [4.78, 5) is 45.8. The van der Waals surface area contributed by atoms with Crippen LogP contribution in [0.4, 0.5) is 0 Å². The van der Waals surface area contributed by atoms with Crippen molar-refractivity contribution in [3.05, 3.63) is 41.0 Å². The fourth-order valence-corrected chi connectivity index (χ4v) is 6.49. The third-order valence-corrected chi connectivity index (χ3v) is 8.64. The van der Waals surface area contributed by atoms with Crippen LogP contribution in [0.2, 0.25) is 0 Å². The summed E-state index contributed by atoms with van der Waals surface area (Å²) in [5, 5.41) is 13.8. The number of phenolic OH excluding ortho intramolecular Hbond substituents is 1. The van der Waals surface area contributed by atoms with Gasteiger partial charge >= 0.3 is 5.97 Å². The number of ether oxygens (including phenoxy) is 5. The summed E-state index contributed by atoms with van der Waals surface area (Å²) in [6.45, 7) is 3.83. The number of imide groups is 1. The number of aliphatic imine (C=N–C) groups is 1. The van der Waals surface area contributed by atoms with Gasteiger partial charge in [-0.1, -0.05) is 13.3 Å². The first-order chi connectivity index (χ1) is 20.9. The Bertz CT molecular complexity index is 1460. The first-order valence-corrected chi connectivity index (χ1v) is 14.5. The smallest absolute Gasteiger partial charge is 0.310 e. The molecule has 1 aliphatic carbocycles. The standard InChI is InChI=1S/C31H35N3O9/c1-4-5-6-32-7-8-34-25(35)13-20(30(34)37)33-28-18-12-22-21(42-15-43-22)11-17(18)26(27-19(28)14-41-31(27)38)16-9-23(39-2)29(36)24(10-16)40-3/h9-12,19,26-28,32,36H,4-8,13-15H2,1-3H3/t19-,26+,27-,28+/m0/s1. The molecule has 4 atom stereocenters. The van der Waals surface area contributed by atoms with Crippen molar-refractivity contribution in [1.29, 1.82) is 0 Å². The number of hydrogen-bond donors (Lipinski definition) is 2. The van der Waals surface area contributed by atoms with Crippen molar-refractivity contribution in [3.63, 3.8) is 0 Å². The number of aromatic hydroxyl groups is 1. The molecular weight excluding hydrogens is 558 g/mol. The lowest BCUT2D eigenvalue weighted by atomic mass is 9.65. The van der Waals surface area contributed by atoms with Crippen LogP contribution in [0, 0.1) is 11.8 Å². The van der Waals surface area contributed by atoms with Crippen molar-refractivity contribution in [2.24, 2.45) is 16.8 Å². The summed E-state index contributed by atoms with van der Waals surface area (Å²) in [6, 6.07) is 6.38. The molecular formula is C31H35N3O9. The average Bonchev–Trinajstić information content (AvgIpc) is 3.70. The predicted molar refractivity (Wildman–Crippen MR) is 153 cm³/mol. The second-order valence-electron chi connectivity index (χ2n) is 11.1. The quantitative estimate of drug-likeness (QED) is 0.240. The molecule has 3 aliphatic heterocycles. The van der Waals surface area contributed by atoms with Crippen LogP contribution >= 0.6 is 0 Å². The lowest BCUT2D eigenvalue weighted by Gasteiger charge is -2.37. The number of carbonyl (C=O) groups is 3. The number of methoxy groups -OCH3 is 2. The average molecular weight is 594 g/mol. The second kappa shape index (κ2) is 11.8. The van der Waals surface area contributed by atoms with Gasteiger partial charge in [-0.05, 0) is 53.9 Å². The monoisotopic (exact) mass is 593 g/mol. The van der Waals surface area contributed by atoms with Crippen LogP contribution in [0.25, 0.3) is 0 Å². The van der Waals surface area contributed by atoms with Crippen LogP contribution in [0.1, 0.15) is 54.8 Å². The van der Waals surface area contributed by atoms with E-state index in [0.29, 0.717) is 23.6 Å². The van der Waals surface area contributed by atoms with Gasteiger partial charge in [0, 0.05) is 24.9 Å². The van der Waals surface area contributed by atoms with Crippen molar-refractivity contribution in [3.8, 4) is 28.7 Å². The Morgan fingerprint density at radius 2 is 1.70 bits per heavy atom. The number of nitrogens with one attached hydrogen (secondary N) is 1. The fraction of sp³-hybridized carbons (Fsp3) is 0.484. The Hall–Kier alpha value is -4.32. The molecule has 2 amide bonds. The zero-order valence-electron chi connectivity index (χ0n) is 24.4. The molecule has 12 nitrogen and oxygen atoms in total. The van der Waals surface area contributed by atoms with E-state index in [1.54, 1.807) is 12.1 Å². The number of phenols is 1. The molecule has 43 heavy (non-hydrogen) atoms. The van der Waals surface area contributed by atoms with Gasteiger partial charge in [0.25, 0.3) is 5.91 Å². The van der Waals surface area contributed by atoms with Gasteiger partial charge in [-0.15, -0.1) is 0 Å². The summed E-state index contributed by atoms with van der Waals surface area (Å²) < 4.78 is 27.8. The third-order valence-electron chi connectivity index (χ3n) is 8.64. The van der Waals surface area contributed by atoms with Gasteiger partial charge in [0.15, 0.2) is 23.0 Å². The largest absolute Gasteiger partial charge is 0.502 e. The fourth-order valence-electron chi connectivity index (χ4n) is 6.49. The Kier molecular flexibility index (Phi) is 7.87. The molecule has 3 heterocycles. The molecule has 4 aliphatic rings. The van der Waals surface area contributed by atoms with E-state index < -0.39 is 35.7 Å². The molecule has 2 aromatic rings. The molecule has 2 fully saturated rings. The van der Waals surface area contributed by atoms with Crippen molar-refractivity contribution < 1.29 is 43.2 Å². The lowest BCUT2D eigenvalue weighted by Crippen LogP contribution is -2.37. The highest BCUT2D eigenvalue weighted by molar-refractivity contribution is 6.48. The molecule has 0 bridgehead atoms. The number of nitrogens with zero attached hydrogens (tertiary/aromatic N) is 2. The van der Waals surface area contributed by atoms with Gasteiger partial charge < -0.3 is 34.1 Å². The van der Waals surface area contributed by atoms with Gasteiger partial charge in [0.2, 0.25) is 18.4 Å². The van der Waals surface area contributed by atoms with Crippen LogP contribution < -0.4 is 24.3 Å². The number of cyclic esters (lactones) is 1. The highest BCUT2D eigenvalue weighted by atomic mass is 16.7. The molecule has 12 heteroatoms. The number of amides is 2. The van der Waals surface area contributed by atoms with E-state index in [1.165, 1.54) is 19.1 Å². The number of benzene rings is 2. The second-order valence-corrected chi connectivity index (χ2v) is 11.1. The minimum atomic E-state index is -0.674. The number of rotatable bonds is 10. The zero-order valence-corrected chi connectivity index (χ0v) is 24.4. The predicted octanol–water partition coefficient (Wildman–Crippen LogP) is 2.70. The van der Waals surface area contributed by atoms with E-state index in [-0.39, 0.29) is 55.2 Å². The zero-order chi connectivity index (χ0) is 30.2. The van der Waals surface area contributed by atoms with Crippen molar-refractivity contribution in [1.82, 2.24) is 10.2 Å². The number of esters is 1. The van der Waals surface area contributed by atoms with Crippen LogP contribution in [0.15, 0.2) is 29.3 Å². The summed E-state index contributed by atoms with van der Waals surface area (Å²) in [7, 11) is 2.88. The van der Waals surface area contributed by atoms with Crippen molar-refractivity contribution in [2.75, 3.05) is 47.3 Å². The Morgan fingerprint density at radius 1 is 1.00 bits per heavy atom. The first kappa shape index (κ1) is 28.8. The van der Waals surface area contributed by atoms with E-state index in [0.717, 1.165) is 30.5 Å². The molecule has 228 valence electrons. The van der Waals surface area contributed by atoms with Crippen LogP contribution in [-0.2, 0) is 19.1 Å². The van der Waals surface area contributed by atoms with E-state index >= 15 is 0 Å². The number of unbranched alkanes of at least 4 members (excludes halogenated alkanes) is 1. The summed E-state index contributed by atoms with van der Waals surface area (Å²) in [5.74, 6) is -1.46. The maximum absolute atomic E-state index is 13.4. The summed E-state index contributed by atoms with van der Waals surface area (Å²) in [5.41, 5.74) is 2.31. The Balaban J connectivity index is 1.42. The lowest BCUT2D eigenvalue weighted by molar-refractivity contribution is -0.141. The molecule has 2 N–H and O–H groups in total. The molecule has 2 aromatic carbocycles. The number of fused-ring (bicyclic) bond motifs is 3. The molecule has 0 saturated carbocycles. The van der Waals surface area contributed by atoms with Gasteiger partial charge in [-0.25, -0.2) is 0 Å². The normalized spacial score (nSPS) is 24.8. The first-order valence-electron chi connectivity index (χ1n) is 14.5. The Morgan fingerprint density at radius 3 is 2.37 bits per heavy atom. The number of likely N-dealkylation sites (tertiary alicyclic amines) is 1. The summed E-state index contributed by atoms with van der Waals surface area (Å²) in [6.07, 6.45) is 1.96. The van der Waals surface area contributed by atoms with Gasteiger partial charge in [-0.3, -0.25) is 24.3 Å². The molecule has 0 aromatic heterocycles. The van der Waals surface area contributed by atoms with Gasteiger partial charge in [0.1, 0.15) is 5.71 Å². The third kappa shape index (κ3) is 5.03. The van der Waals surface area contributed by atoms with E-state index in [1.807, 2.05) is 12.1 Å². The maximum atomic E-state index is 13.4. The minimum absolute atomic E-state index is 0.0477. The maximum Gasteiger partial charge on any atom is 0.310 e. The summed E-state index contributed by atoms with van der Waals surface area (Å²) >= 11 is 0. The molecule has 6 rings (SSSR count). The number of hydrogen-bond acceptors (Lipinski definition) is 11. The van der Waals surface area contributed by atoms with E-state index in [9.17, 15) is 19.5 Å². The molecule has 0 radical (unpaired) electrons. The van der Waals surface area contributed by atoms with Crippen LogP contribution in [-0.4, -0.2) is 80.8 Å². The van der Waals surface area contributed by atoms with Gasteiger partial charge in [0.05, 0.1) is 39.2 Å². The van der Waals surface area contributed by atoms with Crippen molar-refractivity contribution in [2.45, 2.75) is 38.1 Å². The van der Waals surface area contributed by atoms with Crippen LogP contribution in [0.5, 0.6) is 28.7 Å². The highest BCUT2D eigenvalue weighted by Crippen LogP contribution is 2.56.